The Bertz CT molecular complexity index is 1020. The van der Waals surface area contributed by atoms with Crippen molar-refractivity contribution in [2.45, 2.75) is 19.5 Å². The van der Waals surface area contributed by atoms with Gasteiger partial charge < -0.3 is 10.2 Å². The van der Waals surface area contributed by atoms with Crippen LogP contribution in [0.15, 0.2) is 46.5 Å². The second kappa shape index (κ2) is 9.40. The van der Waals surface area contributed by atoms with E-state index in [9.17, 15) is 22.8 Å². The number of benzene rings is 1. The molecule has 3 rings (SSSR count). The number of likely N-dealkylation sites (N-methyl/N-ethyl adjacent to an activating group) is 1. The van der Waals surface area contributed by atoms with Gasteiger partial charge in [0.15, 0.2) is 0 Å². The SMILES string of the molecule is CCN(CC(=O)Nc1ccccc1C(F)(F)F)C(=O)Cc1csc(-c2ccsc2)n1. The largest absolute Gasteiger partial charge is 0.418 e. The molecule has 30 heavy (non-hydrogen) atoms. The topological polar surface area (TPSA) is 62.3 Å². The van der Waals surface area contributed by atoms with Gasteiger partial charge in [-0.2, -0.15) is 24.5 Å². The number of nitrogens with zero attached hydrogens (tertiary/aromatic N) is 2. The van der Waals surface area contributed by atoms with Crippen LogP contribution in [0.3, 0.4) is 0 Å². The normalized spacial score (nSPS) is 11.3. The molecule has 2 heterocycles. The molecular weight excluding hydrogens is 435 g/mol. The first kappa shape index (κ1) is 22.0. The highest BCUT2D eigenvalue weighted by Gasteiger charge is 2.33. The number of amides is 2. The van der Waals surface area contributed by atoms with Gasteiger partial charge in [0.25, 0.3) is 0 Å². The number of halogens is 3. The minimum absolute atomic E-state index is 0.0148. The smallest absolute Gasteiger partial charge is 0.333 e. The fraction of sp³-hybridized carbons (Fsp3) is 0.250. The van der Waals surface area contributed by atoms with Crippen LogP contribution in [-0.2, 0) is 22.2 Å². The van der Waals surface area contributed by atoms with E-state index in [1.807, 2.05) is 16.8 Å². The first-order chi connectivity index (χ1) is 14.3. The summed E-state index contributed by atoms with van der Waals surface area (Å²) in [5, 5.41) is 8.76. The zero-order chi connectivity index (χ0) is 21.7. The lowest BCUT2D eigenvalue weighted by atomic mass is 10.1. The molecule has 1 aromatic carbocycles. The minimum Gasteiger partial charge on any atom is -0.333 e. The Balaban J connectivity index is 1.62. The average molecular weight is 454 g/mol. The maximum atomic E-state index is 13.1. The second-order valence-electron chi connectivity index (χ2n) is 6.33. The lowest BCUT2D eigenvalue weighted by molar-refractivity contribution is -0.137. The molecule has 10 heteroatoms. The molecule has 0 bridgehead atoms. The van der Waals surface area contributed by atoms with E-state index < -0.39 is 17.6 Å². The monoisotopic (exact) mass is 453 g/mol. The van der Waals surface area contributed by atoms with Gasteiger partial charge in [-0.05, 0) is 30.5 Å². The van der Waals surface area contributed by atoms with Crippen LogP contribution in [0.5, 0.6) is 0 Å². The van der Waals surface area contributed by atoms with Crippen molar-refractivity contribution in [3.63, 3.8) is 0 Å². The van der Waals surface area contributed by atoms with Crippen molar-refractivity contribution in [2.75, 3.05) is 18.4 Å². The van der Waals surface area contributed by atoms with Gasteiger partial charge in [0, 0.05) is 22.9 Å². The van der Waals surface area contributed by atoms with Crippen LogP contribution in [0, 0.1) is 0 Å². The van der Waals surface area contributed by atoms with E-state index in [1.165, 1.54) is 34.4 Å². The van der Waals surface area contributed by atoms with Crippen molar-refractivity contribution in [2.24, 2.45) is 0 Å². The Morgan fingerprint density at radius 1 is 1.17 bits per heavy atom. The highest BCUT2D eigenvalue weighted by molar-refractivity contribution is 7.14. The number of rotatable bonds is 7. The maximum absolute atomic E-state index is 13.1. The van der Waals surface area contributed by atoms with Crippen LogP contribution in [0.25, 0.3) is 10.6 Å². The number of carbonyl (C=O) groups is 2. The number of thiazole rings is 1. The number of hydrogen-bond donors (Lipinski definition) is 1. The number of hydrogen-bond acceptors (Lipinski definition) is 5. The molecule has 0 aliphatic heterocycles. The van der Waals surface area contributed by atoms with Crippen LogP contribution in [0.1, 0.15) is 18.2 Å². The van der Waals surface area contributed by atoms with E-state index in [1.54, 1.807) is 23.6 Å². The maximum Gasteiger partial charge on any atom is 0.418 e. The van der Waals surface area contributed by atoms with Gasteiger partial charge >= 0.3 is 6.18 Å². The first-order valence-electron chi connectivity index (χ1n) is 8.98. The van der Waals surface area contributed by atoms with Gasteiger partial charge in [-0.25, -0.2) is 4.98 Å². The third kappa shape index (κ3) is 5.45. The second-order valence-corrected chi connectivity index (χ2v) is 7.97. The standard InChI is InChI=1S/C20H18F3N3O2S2/c1-2-26(10-17(27)25-16-6-4-3-5-15(16)20(21,22)23)18(28)9-14-12-30-19(24-14)13-7-8-29-11-13/h3-8,11-12H,2,9-10H2,1H3,(H,25,27). The van der Waals surface area contributed by atoms with Gasteiger partial charge in [0.1, 0.15) is 5.01 Å². The quantitative estimate of drug-likeness (QED) is 0.552. The summed E-state index contributed by atoms with van der Waals surface area (Å²) in [6.45, 7) is 1.60. The summed E-state index contributed by atoms with van der Waals surface area (Å²) in [5.74, 6) is -1.02. The number of thiophene rings is 1. The Morgan fingerprint density at radius 2 is 1.93 bits per heavy atom. The third-order valence-corrected chi connectivity index (χ3v) is 5.85. The molecule has 158 valence electrons. The van der Waals surface area contributed by atoms with Crippen LogP contribution in [0.2, 0.25) is 0 Å². The lowest BCUT2D eigenvalue weighted by Gasteiger charge is -2.21. The Labute approximate surface area is 179 Å². The van der Waals surface area contributed by atoms with Crippen molar-refractivity contribution >= 4 is 40.2 Å². The van der Waals surface area contributed by atoms with Crippen LogP contribution in [0.4, 0.5) is 18.9 Å². The molecule has 0 saturated heterocycles. The fourth-order valence-corrected chi connectivity index (χ4v) is 4.28. The molecule has 0 saturated carbocycles. The van der Waals surface area contributed by atoms with Crippen LogP contribution in [-0.4, -0.2) is 34.8 Å². The number of carbonyl (C=O) groups excluding carboxylic acids is 2. The zero-order valence-corrected chi connectivity index (χ0v) is 17.5. The lowest BCUT2D eigenvalue weighted by Crippen LogP contribution is -2.39. The van der Waals surface area contributed by atoms with E-state index in [4.69, 9.17) is 0 Å². The summed E-state index contributed by atoms with van der Waals surface area (Å²) in [6.07, 6.45) is -4.57. The predicted molar refractivity (Wildman–Crippen MR) is 111 cm³/mol. The van der Waals surface area contributed by atoms with Gasteiger partial charge in [0.05, 0.1) is 29.9 Å². The van der Waals surface area contributed by atoms with E-state index in [0.29, 0.717) is 5.69 Å². The molecule has 0 aliphatic carbocycles. The van der Waals surface area contributed by atoms with E-state index in [2.05, 4.69) is 10.3 Å². The molecule has 0 atom stereocenters. The Morgan fingerprint density at radius 3 is 2.60 bits per heavy atom. The average Bonchev–Trinajstić information content (AvgIpc) is 3.37. The molecule has 2 amide bonds. The van der Waals surface area contributed by atoms with Crippen LogP contribution < -0.4 is 5.32 Å². The van der Waals surface area contributed by atoms with Crippen molar-refractivity contribution < 1.29 is 22.8 Å². The van der Waals surface area contributed by atoms with E-state index in [0.717, 1.165) is 16.6 Å². The molecule has 1 N–H and O–H groups in total. The Kier molecular flexibility index (Phi) is 6.88. The summed E-state index contributed by atoms with van der Waals surface area (Å²) in [6, 6.07) is 6.67. The highest BCUT2D eigenvalue weighted by Crippen LogP contribution is 2.34. The number of nitrogens with one attached hydrogen (secondary N) is 1. The number of anilines is 1. The first-order valence-corrected chi connectivity index (χ1v) is 10.8. The highest BCUT2D eigenvalue weighted by atomic mass is 32.1. The van der Waals surface area contributed by atoms with Gasteiger partial charge in [-0.1, -0.05) is 12.1 Å². The fourth-order valence-electron chi connectivity index (χ4n) is 2.75. The molecular formula is C20H18F3N3O2S2. The molecule has 0 radical (unpaired) electrons. The zero-order valence-electron chi connectivity index (χ0n) is 15.9. The van der Waals surface area contributed by atoms with E-state index >= 15 is 0 Å². The molecule has 0 aliphatic rings. The Hall–Kier alpha value is -2.72. The summed E-state index contributed by atoms with van der Waals surface area (Å²) in [4.78, 5) is 30.6. The molecule has 0 fully saturated rings. The molecule has 3 aromatic rings. The molecule has 0 unspecified atom stereocenters. The summed E-state index contributed by atoms with van der Waals surface area (Å²) in [7, 11) is 0. The van der Waals surface area contributed by atoms with Crippen molar-refractivity contribution in [3.05, 3.63) is 57.7 Å². The van der Waals surface area contributed by atoms with Crippen molar-refractivity contribution in [1.82, 2.24) is 9.88 Å². The third-order valence-electron chi connectivity index (χ3n) is 4.23. The molecule has 0 spiro atoms. The van der Waals surface area contributed by atoms with E-state index in [-0.39, 0.29) is 31.1 Å². The van der Waals surface area contributed by atoms with Gasteiger partial charge in [0.2, 0.25) is 11.8 Å². The van der Waals surface area contributed by atoms with Crippen LogP contribution >= 0.6 is 22.7 Å². The molecule has 5 nitrogen and oxygen atoms in total. The summed E-state index contributed by atoms with van der Waals surface area (Å²) < 4.78 is 39.2. The van der Waals surface area contributed by atoms with Gasteiger partial charge in [-0.15, -0.1) is 11.3 Å². The summed E-state index contributed by atoms with van der Waals surface area (Å²) >= 11 is 2.98. The van der Waals surface area contributed by atoms with Crippen molar-refractivity contribution in [1.29, 1.82) is 0 Å². The molecule has 2 aromatic heterocycles. The van der Waals surface area contributed by atoms with Gasteiger partial charge in [-0.3, -0.25) is 9.59 Å². The summed E-state index contributed by atoms with van der Waals surface area (Å²) in [5.41, 5.74) is 0.306. The number of aromatic nitrogens is 1. The predicted octanol–water partition coefficient (Wildman–Crippen LogP) is 4.92. The van der Waals surface area contributed by atoms with Crippen molar-refractivity contribution in [3.8, 4) is 10.6 Å². The minimum atomic E-state index is -4.59. The number of alkyl halides is 3. The number of para-hydroxylation sites is 1.